The summed E-state index contributed by atoms with van der Waals surface area (Å²) >= 11 is 1.66. The number of aromatic nitrogens is 1. The second-order valence-corrected chi connectivity index (χ2v) is 5.78. The first kappa shape index (κ1) is 13.6. The maximum absolute atomic E-state index is 5.78. The van der Waals surface area contributed by atoms with Crippen molar-refractivity contribution >= 4 is 11.3 Å². The molecule has 1 aromatic heterocycles. The third kappa shape index (κ3) is 4.60. The van der Waals surface area contributed by atoms with Gasteiger partial charge >= 0.3 is 0 Å². The van der Waals surface area contributed by atoms with E-state index in [1.165, 1.54) is 12.1 Å². The first-order chi connectivity index (χ1) is 7.57. The Morgan fingerprint density at radius 1 is 1.50 bits per heavy atom. The summed E-state index contributed by atoms with van der Waals surface area (Å²) in [5, 5.41) is 2.12. The molecule has 1 heterocycles. The lowest BCUT2D eigenvalue weighted by Crippen LogP contribution is -2.38. The van der Waals surface area contributed by atoms with Crippen LogP contribution in [0.1, 0.15) is 32.9 Å². The minimum atomic E-state index is 0.186. The van der Waals surface area contributed by atoms with Gasteiger partial charge in [0.05, 0.1) is 11.2 Å². The van der Waals surface area contributed by atoms with Crippen molar-refractivity contribution in [3.8, 4) is 0 Å². The van der Waals surface area contributed by atoms with Gasteiger partial charge in [-0.05, 0) is 24.9 Å². The Balaban J connectivity index is 2.54. The lowest BCUT2D eigenvalue weighted by Gasteiger charge is -2.31. The number of thiazole rings is 1. The molecule has 4 heteroatoms. The molecule has 0 fully saturated rings. The molecule has 0 bridgehead atoms. The highest BCUT2D eigenvalue weighted by Gasteiger charge is 2.20. The smallest absolute Gasteiger partial charge is 0.0795 e. The summed E-state index contributed by atoms with van der Waals surface area (Å²) in [6.45, 7) is 10.5. The van der Waals surface area contributed by atoms with Crippen LogP contribution < -0.4 is 5.73 Å². The SMILES string of the molecule is CCCN(Cc1cscn1)CC(C)(C)CN. The van der Waals surface area contributed by atoms with Gasteiger partial charge in [-0.3, -0.25) is 4.90 Å². The van der Waals surface area contributed by atoms with Gasteiger partial charge in [-0.25, -0.2) is 4.98 Å². The van der Waals surface area contributed by atoms with Crippen molar-refractivity contribution in [1.29, 1.82) is 0 Å². The molecule has 0 aliphatic heterocycles. The minimum absolute atomic E-state index is 0.186. The molecule has 0 aliphatic rings. The second-order valence-electron chi connectivity index (χ2n) is 5.06. The Morgan fingerprint density at radius 3 is 2.75 bits per heavy atom. The van der Waals surface area contributed by atoms with Crippen LogP contribution in [0.25, 0.3) is 0 Å². The van der Waals surface area contributed by atoms with Crippen LogP contribution in [0.5, 0.6) is 0 Å². The number of nitrogens with zero attached hydrogens (tertiary/aromatic N) is 2. The average molecular weight is 241 g/mol. The molecule has 0 radical (unpaired) electrons. The number of nitrogens with two attached hydrogens (primary N) is 1. The summed E-state index contributed by atoms with van der Waals surface area (Å²) in [5.41, 5.74) is 9.04. The molecule has 0 atom stereocenters. The van der Waals surface area contributed by atoms with E-state index in [2.05, 4.69) is 36.0 Å². The largest absolute Gasteiger partial charge is 0.330 e. The van der Waals surface area contributed by atoms with Crippen LogP contribution in [0, 0.1) is 5.41 Å². The van der Waals surface area contributed by atoms with Crippen LogP contribution in [-0.2, 0) is 6.54 Å². The van der Waals surface area contributed by atoms with Crippen molar-refractivity contribution in [2.24, 2.45) is 11.1 Å². The Morgan fingerprint density at radius 2 is 2.25 bits per heavy atom. The predicted octanol–water partition coefficient (Wildman–Crippen LogP) is 2.34. The van der Waals surface area contributed by atoms with Crippen LogP contribution >= 0.6 is 11.3 Å². The fourth-order valence-corrected chi connectivity index (χ4v) is 2.29. The summed E-state index contributed by atoms with van der Waals surface area (Å²) in [5.74, 6) is 0. The zero-order valence-corrected chi connectivity index (χ0v) is 11.4. The van der Waals surface area contributed by atoms with Crippen molar-refractivity contribution in [3.63, 3.8) is 0 Å². The van der Waals surface area contributed by atoms with E-state index in [0.29, 0.717) is 0 Å². The standard InChI is InChI=1S/C12H23N3S/c1-4-5-15(9-12(2,3)8-13)6-11-7-16-10-14-11/h7,10H,4-6,8-9,13H2,1-3H3. The predicted molar refractivity (Wildman–Crippen MR) is 70.5 cm³/mol. The summed E-state index contributed by atoms with van der Waals surface area (Å²) in [4.78, 5) is 6.79. The maximum Gasteiger partial charge on any atom is 0.0795 e. The van der Waals surface area contributed by atoms with Crippen LogP contribution in [0.4, 0.5) is 0 Å². The van der Waals surface area contributed by atoms with Gasteiger partial charge < -0.3 is 5.73 Å². The number of rotatable bonds is 7. The normalized spacial score (nSPS) is 12.3. The fourth-order valence-electron chi connectivity index (χ4n) is 1.74. The molecule has 0 aliphatic carbocycles. The lowest BCUT2D eigenvalue weighted by atomic mass is 9.93. The number of hydrogen-bond donors (Lipinski definition) is 1. The Hall–Kier alpha value is -0.450. The molecular weight excluding hydrogens is 218 g/mol. The minimum Gasteiger partial charge on any atom is -0.330 e. The van der Waals surface area contributed by atoms with Crippen LogP contribution in [-0.4, -0.2) is 29.5 Å². The Kier molecular flexibility index (Phi) is 5.38. The summed E-state index contributed by atoms with van der Waals surface area (Å²) in [6.07, 6.45) is 1.17. The van der Waals surface area contributed by atoms with Crippen molar-refractivity contribution in [2.45, 2.75) is 33.7 Å². The lowest BCUT2D eigenvalue weighted by molar-refractivity contribution is 0.174. The van der Waals surface area contributed by atoms with Crippen LogP contribution in [0.3, 0.4) is 0 Å². The molecule has 0 unspecified atom stereocenters. The molecule has 1 rings (SSSR count). The van der Waals surface area contributed by atoms with Gasteiger partial charge in [-0.15, -0.1) is 11.3 Å². The topological polar surface area (TPSA) is 42.2 Å². The highest BCUT2D eigenvalue weighted by molar-refractivity contribution is 7.07. The van der Waals surface area contributed by atoms with Crippen LogP contribution in [0.2, 0.25) is 0 Å². The van der Waals surface area contributed by atoms with Crippen molar-refractivity contribution in [2.75, 3.05) is 19.6 Å². The molecule has 1 aromatic rings. The van der Waals surface area contributed by atoms with Crippen molar-refractivity contribution in [3.05, 3.63) is 16.6 Å². The molecule has 3 nitrogen and oxygen atoms in total. The Bertz CT molecular complexity index is 282. The van der Waals surface area contributed by atoms with E-state index in [-0.39, 0.29) is 5.41 Å². The number of hydrogen-bond acceptors (Lipinski definition) is 4. The zero-order valence-electron chi connectivity index (χ0n) is 10.6. The quantitative estimate of drug-likeness (QED) is 0.796. The van der Waals surface area contributed by atoms with E-state index < -0.39 is 0 Å². The van der Waals surface area contributed by atoms with E-state index in [1.54, 1.807) is 11.3 Å². The second kappa shape index (κ2) is 6.33. The van der Waals surface area contributed by atoms with E-state index in [4.69, 9.17) is 5.73 Å². The van der Waals surface area contributed by atoms with Gasteiger partial charge in [0.25, 0.3) is 0 Å². The fraction of sp³-hybridized carbons (Fsp3) is 0.750. The van der Waals surface area contributed by atoms with Gasteiger partial charge in [0.2, 0.25) is 0 Å². The summed E-state index contributed by atoms with van der Waals surface area (Å²) < 4.78 is 0. The Labute approximate surface area is 103 Å². The van der Waals surface area contributed by atoms with Gasteiger partial charge in [0, 0.05) is 18.5 Å². The molecule has 0 aromatic carbocycles. The van der Waals surface area contributed by atoms with Crippen molar-refractivity contribution < 1.29 is 0 Å². The molecule has 2 N–H and O–H groups in total. The zero-order chi connectivity index (χ0) is 12.0. The van der Waals surface area contributed by atoms with E-state index in [9.17, 15) is 0 Å². The molecule has 0 saturated heterocycles. The van der Waals surface area contributed by atoms with Gasteiger partial charge in [0.15, 0.2) is 0 Å². The molecule has 16 heavy (non-hydrogen) atoms. The molecule has 0 spiro atoms. The van der Waals surface area contributed by atoms with Crippen molar-refractivity contribution in [1.82, 2.24) is 9.88 Å². The summed E-state index contributed by atoms with van der Waals surface area (Å²) in [6, 6.07) is 0. The summed E-state index contributed by atoms with van der Waals surface area (Å²) in [7, 11) is 0. The first-order valence-corrected chi connectivity index (χ1v) is 6.81. The maximum atomic E-state index is 5.78. The molecule has 0 amide bonds. The van der Waals surface area contributed by atoms with Gasteiger partial charge in [-0.2, -0.15) is 0 Å². The monoisotopic (exact) mass is 241 g/mol. The average Bonchev–Trinajstić information content (AvgIpc) is 2.70. The van der Waals surface area contributed by atoms with Crippen LogP contribution in [0.15, 0.2) is 10.9 Å². The molecule has 0 saturated carbocycles. The van der Waals surface area contributed by atoms with E-state index in [1.807, 2.05) is 5.51 Å². The highest BCUT2D eigenvalue weighted by Crippen LogP contribution is 2.17. The third-order valence-corrected chi connectivity index (χ3v) is 3.25. The molecule has 92 valence electrons. The first-order valence-electron chi connectivity index (χ1n) is 5.87. The van der Waals surface area contributed by atoms with Gasteiger partial charge in [0.1, 0.15) is 0 Å². The van der Waals surface area contributed by atoms with E-state index >= 15 is 0 Å². The molecular formula is C12H23N3S. The third-order valence-electron chi connectivity index (χ3n) is 2.61. The van der Waals surface area contributed by atoms with E-state index in [0.717, 1.165) is 26.2 Å². The highest BCUT2D eigenvalue weighted by atomic mass is 32.1. The van der Waals surface area contributed by atoms with Gasteiger partial charge in [-0.1, -0.05) is 20.8 Å².